The van der Waals surface area contributed by atoms with Gasteiger partial charge in [-0.3, -0.25) is 4.79 Å². The number of hydrogen-bond donors (Lipinski definition) is 0. The van der Waals surface area contributed by atoms with Crippen molar-refractivity contribution in [2.75, 3.05) is 6.54 Å². The van der Waals surface area contributed by atoms with Crippen LogP contribution in [-0.4, -0.2) is 27.1 Å². The average molecular weight is 349 g/mol. The zero-order valence-electron chi connectivity index (χ0n) is 13.6. The van der Waals surface area contributed by atoms with Crippen molar-refractivity contribution in [1.29, 1.82) is 0 Å². The van der Waals surface area contributed by atoms with Gasteiger partial charge in [-0.05, 0) is 43.0 Å². The number of nitrogens with zero attached hydrogens (tertiary/aromatic N) is 3. The Hall–Kier alpha value is -2.31. The second kappa shape index (κ2) is 5.89. The van der Waals surface area contributed by atoms with Gasteiger partial charge in [0, 0.05) is 31.1 Å². The van der Waals surface area contributed by atoms with Crippen molar-refractivity contribution >= 4 is 5.91 Å². The Labute approximate surface area is 143 Å². The van der Waals surface area contributed by atoms with Gasteiger partial charge in [0.1, 0.15) is 0 Å². The maximum atomic E-state index is 13.0. The van der Waals surface area contributed by atoms with Gasteiger partial charge in [-0.2, -0.15) is 18.3 Å². The van der Waals surface area contributed by atoms with E-state index in [-0.39, 0.29) is 11.8 Å². The lowest BCUT2D eigenvalue weighted by molar-refractivity contribution is -0.141. The fourth-order valence-electron chi connectivity index (χ4n) is 3.24. The number of hydrogen-bond acceptors (Lipinski definition) is 2. The number of alkyl halides is 3. The van der Waals surface area contributed by atoms with Crippen LogP contribution in [0.3, 0.4) is 0 Å². The third-order valence-electron chi connectivity index (χ3n) is 4.75. The lowest BCUT2D eigenvalue weighted by Gasteiger charge is -2.16. The predicted octanol–water partition coefficient (Wildman–Crippen LogP) is 3.89. The van der Waals surface area contributed by atoms with Crippen molar-refractivity contribution in [2.45, 2.75) is 44.3 Å². The summed E-state index contributed by atoms with van der Waals surface area (Å²) in [5, 5.41) is 3.79. The SMILES string of the molecule is O=C1CCCN1Cc1ccc(-n2nc(C(F)(F)F)cc2C2CC2)cc1. The lowest BCUT2D eigenvalue weighted by atomic mass is 10.2. The Morgan fingerprint density at radius 3 is 2.44 bits per heavy atom. The van der Waals surface area contributed by atoms with E-state index in [2.05, 4.69) is 5.10 Å². The van der Waals surface area contributed by atoms with E-state index in [4.69, 9.17) is 0 Å². The number of benzene rings is 1. The molecule has 7 heteroatoms. The first-order valence-corrected chi connectivity index (χ1v) is 8.46. The maximum absolute atomic E-state index is 13.0. The number of aromatic nitrogens is 2. The highest BCUT2D eigenvalue weighted by molar-refractivity contribution is 5.78. The van der Waals surface area contributed by atoms with Gasteiger partial charge in [0.25, 0.3) is 0 Å². The van der Waals surface area contributed by atoms with Crippen LogP contribution in [0, 0.1) is 0 Å². The fourth-order valence-corrected chi connectivity index (χ4v) is 3.24. The van der Waals surface area contributed by atoms with Crippen molar-refractivity contribution < 1.29 is 18.0 Å². The van der Waals surface area contributed by atoms with Crippen molar-refractivity contribution in [3.8, 4) is 5.69 Å². The van der Waals surface area contributed by atoms with E-state index < -0.39 is 11.9 Å². The number of halogens is 3. The molecule has 1 aromatic carbocycles. The minimum absolute atomic E-state index is 0.155. The summed E-state index contributed by atoms with van der Waals surface area (Å²) in [5.74, 6) is 0.312. The van der Waals surface area contributed by atoms with Gasteiger partial charge < -0.3 is 4.90 Å². The molecular weight excluding hydrogens is 331 g/mol. The molecule has 1 saturated heterocycles. The van der Waals surface area contributed by atoms with Crippen LogP contribution in [-0.2, 0) is 17.5 Å². The summed E-state index contributed by atoms with van der Waals surface area (Å²) in [7, 11) is 0. The van der Waals surface area contributed by atoms with Crippen LogP contribution < -0.4 is 0 Å². The third kappa shape index (κ3) is 3.27. The number of carbonyl (C=O) groups excluding carboxylic acids is 1. The zero-order valence-corrected chi connectivity index (χ0v) is 13.6. The van der Waals surface area contributed by atoms with Crippen molar-refractivity contribution in [1.82, 2.24) is 14.7 Å². The van der Waals surface area contributed by atoms with Gasteiger partial charge >= 0.3 is 6.18 Å². The Balaban J connectivity index is 1.59. The molecule has 2 heterocycles. The average Bonchev–Trinajstić information content (AvgIpc) is 3.18. The summed E-state index contributed by atoms with van der Waals surface area (Å²) >= 11 is 0. The minimum Gasteiger partial charge on any atom is -0.338 e. The van der Waals surface area contributed by atoms with Gasteiger partial charge in [0.05, 0.1) is 5.69 Å². The van der Waals surface area contributed by atoms with Crippen LogP contribution in [0.5, 0.6) is 0 Å². The molecule has 0 spiro atoms. The molecule has 1 saturated carbocycles. The number of rotatable bonds is 4. The van der Waals surface area contributed by atoms with Gasteiger partial charge in [0.2, 0.25) is 5.91 Å². The minimum atomic E-state index is -4.44. The van der Waals surface area contributed by atoms with E-state index in [9.17, 15) is 18.0 Å². The molecule has 2 aromatic rings. The number of likely N-dealkylation sites (tertiary alicyclic amines) is 1. The van der Waals surface area contributed by atoms with Crippen LogP contribution >= 0.6 is 0 Å². The van der Waals surface area contributed by atoms with E-state index >= 15 is 0 Å². The summed E-state index contributed by atoms with van der Waals surface area (Å²) in [4.78, 5) is 13.5. The van der Waals surface area contributed by atoms with Gasteiger partial charge in [-0.1, -0.05) is 12.1 Å². The summed E-state index contributed by atoms with van der Waals surface area (Å²) in [6.45, 7) is 1.31. The molecule has 2 aliphatic rings. The van der Waals surface area contributed by atoms with E-state index in [0.29, 0.717) is 24.3 Å². The Morgan fingerprint density at radius 2 is 1.88 bits per heavy atom. The monoisotopic (exact) mass is 349 g/mol. The van der Waals surface area contributed by atoms with Crippen LogP contribution in [0.4, 0.5) is 13.2 Å². The molecular formula is C18H18F3N3O. The molecule has 1 aliphatic carbocycles. The quantitative estimate of drug-likeness (QED) is 0.840. The molecule has 132 valence electrons. The van der Waals surface area contributed by atoms with Crippen LogP contribution in [0.25, 0.3) is 5.69 Å². The number of carbonyl (C=O) groups is 1. The van der Waals surface area contributed by atoms with Gasteiger partial charge in [0.15, 0.2) is 5.69 Å². The number of amides is 1. The molecule has 0 N–H and O–H groups in total. The molecule has 2 fully saturated rings. The highest BCUT2D eigenvalue weighted by Gasteiger charge is 2.38. The zero-order chi connectivity index (χ0) is 17.6. The van der Waals surface area contributed by atoms with Crippen LogP contribution in [0.1, 0.15) is 48.6 Å². The molecule has 1 amide bonds. The second-order valence-corrected chi connectivity index (χ2v) is 6.72. The molecule has 0 bridgehead atoms. The molecule has 1 aromatic heterocycles. The topological polar surface area (TPSA) is 38.1 Å². The highest BCUT2D eigenvalue weighted by Crippen LogP contribution is 2.42. The van der Waals surface area contributed by atoms with Gasteiger partial charge in [-0.15, -0.1) is 0 Å². The second-order valence-electron chi connectivity index (χ2n) is 6.72. The Kier molecular flexibility index (Phi) is 3.81. The first-order chi connectivity index (χ1) is 11.9. The van der Waals surface area contributed by atoms with Gasteiger partial charge in [-0.25, -0.2) is 4.68 Å². The Bertz CT molecular complexity index is 791. The molecule has 4 nitrogen and oxygen atoms in total. The van der Waals surface area contributed by atoms with Crippen LogP contribution in [0.15, 0.2) is 30.3 Å². The van der Waals surface area contributed by atoms with Crippen LogP contribution in [0.2, 0.25) is 0 Å². The normalized spacial score (nSPS) is 18.2. The van der Waals surface area contributed by atoms with E-state index in [1.54, 1.807) is 17.0 Å². The van der Waals surface area contributed by atoms with Crippen molar-refractivity contribution in [2.24, 2.45) is 0 Å². The van der Waals surface area contributed by atoms with E-state index in [1.165, 1.54) is 4.68 Å². The maximum Gasteiger partial charge on any atom is 0.435 e. The molecule has 0 radical (unpaired) electrons. The summed E-state index contributed by atoms with van der Waals surface area (Å²) < 4.78 is 40.4. The smallest absolute Gasteiger partial charge is 0.338 e. The molecule has 25 heavy (non-hydrogen) atoms. The van der Waals surface area contributed by atoms with Crippen molar-refractivity contribution in [3.63, 3.8) is 0 Å². The molecule has 1 aliphatic heterocycles. The fraction of sp³-hybridized carbons (Fsp3) is 0.444. The standard InChI is InChI=1S/C18H18F3N3O/c19-18(20,21)16-10-15(13-5-6-13)24(22-16)14-7-3-12(4-8-14)11-23-9-1-2-17(23)25/h3-4,7-8,10,13H,1-2,5-6,9,11H2. The van der Waals surface area contributed by atoms with E-state index in [1.807, 2.05) is 12.1 Å². The molecule has 0 unspecified atom stereocenters. The van der Waals surface area contributed by atoms with E-state index in [0.717, 1.165) is 37.4 Å². The first kappa shape index (κ1) is 16.2. The first-order valence-electron chi connectivity index (χ1n) is 8.46. The highest BCUT2D eigenvalue weighted by atomic mass is 19.4. The largest absolute Gasteiger partial charge is 0.435 e. The molecule has 0 atom stereocenters. The lowest BCUT2D eigenvalue weighted by Crippen LogP contribution is -2.23. The summed E-state index contributed by atoms with van der Waals surface area (Å²) in [5.41, 5.74) is 1.36. The third-order valence-corrected chi connectivity index (χ3v) is 4.75. The molecule has 4 rings (SSSR count). The summed E-state index contributed by atoms with van der Waals surface area (Å²) in [6, 6.07) is 8.41. The predicted molar refractivity (Wildman–Crippen MR) is 85.2 cm³/mol. The van der Waals surface area contributed by atoms with Crippen molar-refractivity contribution in [3.05, 3.63) is 47.3 Å². The summed E-state index contributed by atoms with van der Waals surface area (Å²) in [6.07, 6.45) is -1.16. The Morgan fingerprint density at radius 1 is 1.16 bits per heavy atom.